The Balaban J connectivity index is 2.13. The zero-order chi connectivity index (χ0) is 16.4. The molecule has 2 aromatic rings. The second-order valence-electron chi connectivity index (χ2n) is 5.40. The topological polar surface area (TPSA) is 75.9 Å². The number of hydrogen-bond donors (Lipinski definition) is 1. The summed E-state index contributed by atoms with van der Waals surface area (Å²) in [4.78, 5) is 14.8. The van der Waals surface area contributed by atoms with Crippen molar-refractivity contribution in [2.24, 2.45) is 0 Å². The monoisotopic (exact) mass is 312 g/mol. The Labute approximate surface area is 135 Å². The molecule has 1 amide bonds. The maximum Gasteiger partial charge on any atom is 0.254 e. The van der Waals surface area contributed by atoms with E-state index in [-0.39, 0.29) is 11.9 Å². The highest BCUT2D eigenvalue weighted by Crippen LogP contribution is 2.34. The summed E-state index contributed by atoms with van der Waals surface area (Å²) in [6.07, 6.45) is 0. The average molecular weight is 312 g/mol. The van der Waals surface area contributed by atoms with Crippen LogP contribution in [0.4, 0.5) is 5.95 Å². The minimum atomic E-state index is -0.324. The minimum Gasteiger partial charge on any atom is -0.339 e. The molecular formula is C16H20N6O. The highest BCUT2D eigenvalue weighted by Gasteiger charge is 2.35. The Bertz CT molecular complexity index is 732. The van der Waals surface area contributed by atoms with E-state index in [2.05, 4.69) is 20.8 Å². The van der Waals surface area contributed by atoms with Crippen LogP contribution in [0, 0.1) is 0 Å². The van der Waals surface area contributed by atoms with Gasteiger partial charge in [-0.15, -0.1) is 0 Å². The van der Waals surface area contributed by atoms with Gasteiger partial charge in [-0.1, -0.05) is 35.4 Å². The Morgan fingerprint density at radius 2 is 1.96 bits per heavy atom. The van der Waals surface area contributed by atoms with Crippen molar-refractivity contribution in [3.8, 4) is 0 Å². The molecule has 1 aromatic carbocycles. The van der Waals surface area contributed by atoms with Gasteiger partial charge in [0, 0.05) is 18.8 Å². The van der Waals surface area contributed by atoms with Crippen LogP contribution in [0.15, 0.2) is 41.6 Å². The van der Waals surface area contributed by atoms with Gasteiger partial charge in [0.15, 0.2) is 0 Å². The van der Waals surface area contributed by atoms with Crippen LogP contribution in [0.2, 0.25) is 0 Å². The van der Waals surface area contributed by atoms with Gasteiger partial charge in [0.1, 0.15) is 6.04 Å². The van der Waals surface area contributed by atoms with Crippen molar-refractivity contribution in [3.05, 3.63) is 47.2 Å². The molecule has 1 unspecified atom stereocenters. The van der Waals surface area contributed by atoms with E-state index in [4.69, 9.17) is 0 Å². The lowest BCUT2D eigenvalue weighted by molar-refractivity contribution is -0.127. The lowest BCUT2D eigenvalue weighted by Gasteiger charge is -2.31. The molecule has 7 nitrogen and oxygen atoms in total. The number of rotatable bonds is 4. The molecule has 1 N–H and O–H groups in total. The molecule has 3 rings (SSSR count). The summed E-state index contributed by atoms with van der Waals surface area (Å²) in [7, 11) is 0. The third kappa shape index (κ3) is 2.58. The van der Waals surface area contributed by atoms with E-state index in [0.717, 1.165) is 11.3 Å². The fourth-order valence-electron chi connectivity index (χ4n) is 2.91. The molecule has 0 spiro atoms. The second kappa shape index (κ2) is 6.20. The Kier molecular flexibility index (Phi) is 4.10. The van der Waals surface area contributed by atoms with Gasteiger partial charge < -0.3 is 10.2 Å². The molecule has 1 aromatic heterocycles. The summed E-state index contributed by atoms with van der Waals surface area (Å²) in [6, 6.07) is 9.52. The van der Waals surface area contributed by atoms with Crippen LogP contribution in [0.5, 0.6) is 0 Å². The lowest BCUT2D eigenvalue weighted by atomic mass is 9.94. The van der Waals surface area contributed by atoms with Gasteiger partial charge in [0.25, 0.3) is 5.91 Å². The highest BCUT2D eigenvalue weighted by atomic mass is 16.2. The van der Waals surface area contributed by atoms with Gasteiger partial charge in [-0.3, -0.25) is 4.79 Å². The van der Waals surface area contributed by atoms with Crippen molar-refractivity contribution in [2.75, 3.05) is 18.4 Å². The number of carbonyl (C=O) groups excluding carboxylic acids is 1. The number of benzene rings is 1. The number of nitrogens with one attached hydrogen (secondary N) is 1. The Morgan fingerprint density at radius 1 is 1.26 bits per heavy atom. The summed E-state index contributed by atoms with van der Waals surface area (Å²) in [6.45, 7) is 7.18. The summed E-state index contributed by atoms with van der Waals surface area (Å²) in [5.74, 6) is 0.558. The van der Waals surface area contributed by atoms with Crippen molar-refractivity contribution >= 4 is 11.9 Å². The molecule has 120 valence electrons. The van der Waals surface area contributed by atoms with E-state index in [0.29, 0.717) is 24.6 Å². The first-order valence-electron chi connectivity index (χ1n) is 7.77. The molecule has 7 heteroatoms. The molecule has 0 bridgehead atoms. The third-order valence-corrected chi connectivity index (χ3v) is 4.11. The number of aromatic nitrogens is 4. The van der Waals surface area contributed by atoms with Crippen LogP contribution < -0.4 is 5.32 Å². The number of hydrogen-bond acceptors (Lipinski definition) is 5. The molecule has 23 heavy (non-hydrogen) atoms. The third-order valence-electron chi connectivity index (χ3n) is 4.11. The number of allylic oxidation sites excluding steroid dienone is 1. The van der Waals surface area contributed by atoms with E-state index in [1.165, 1.54) is 0 Å². The number of anilines is 1. The van der Waals surface area contributed by atoms with E-state index in [9.17, 15) is 4.79 Å². The Morgan fingerprint density at radius 3 is 2.61 bits per heavy atom. The summed E-state index contributed by atoms with van der Waals surface area (Å²) < 4.78 is 1.67. The van der Waals surface area contributed by atoms with Gasteiger partial charge in [-0.2, -0.15) is 4.68 Å². The second-order valence-corrected chi connectivity index (χ2v) is 5.40. The molecule has 2 heterocycles. The van der Waals surface area contributed by atoms with Crippen molar-refractivity contribution in [1.82, 2.24) is 25.1 Å². The number of amides is 1. The number of carbonyl (C=O) groups is 1. The van der Waals surface area contributed by atoms with Crippen LogP contribution >= 0.6 is 0 Å². The van der Waals surface area contributed by atoms with Crippen LogP contribution in [-0.2, 0) is 4.79 Å². The molecule has 0 radical (unpaired) electrons. The fraction of sp³-hybridized carbons (Fsp3) is 0.375. The molecular weight excluding hydrogens is 292 g/mol. The average Bonchev–Trinajstić information content (AvgIpc) is 3.03. The van der Waals surface area contributed by atoms with Crippen molar-refractivity contribution in [3.63, 3.8) is 0 Å². The van der Waals surface area contributed by atoms with E-state index >= 15 is 0 Å². The quantitative estimate of drug-likeness (QED) is 0.932. The normalized spacial score (nSPS) is 16.7. The molecule has 0 saturated carbocycles. The van der Waals surface area contributed by atoms with Gasteiger partial charge in [0.05, 0.1) is 5.57 Å². The number of tetrazole rings is 1. The smallest absolute Gasteiger partial charge is 0.254 e. The summed E-state index contributed by atoms with van der Waals surface area (Å²) >= 11 is 0. The first-order valence-corrected chi connectivity index (χ1v) is 7.77. The fourth-order valence-corrected chi connectivity index (χ4v) is 2.91. The first kappa shape index (κ1) is 15.2. The van der Waals surface area contributed by atoms with Crippen LogP contribution in [0.3, 0.4) is 0 Å². The zero-order valence-electron chi connectivity index (χ0n) is 13.5. The minimum absolute atomic E-state index is 0.00926. The van der Waals surface area contributed by atoms with Gasteiger partial charge in [-0.05, 0) is 36.8 Å². The van der Waals surface area contributed by atoms with Crippen LogP contribution in [0.1, 0.15) is 32.4 Å². The molecule has 1 atom stereocenters. The van der Waals surface area contributed by atoms with Gasteiger partial charge in [0.2, 0.25) is 5.95 Å². The molecule has 0 fully saturated rings. The predicted molar refractivity (Wildman–Crippen MR) is 86.6 cm³/mol. The maximum absolute atomic E-state index is 13.0. The van der Waals surface area contributed by atoms with Crippen LogP contribution in [-0.4, -0.2) is 44.1 Å². The molecule has 1 aliphatic heterocycles. The van der Waals surface area contributed by atoms with Crippen molar-refractivity contribution < 1.29 is 4.79 Å². The lowest BCUT2D eigenvalue weighted by Crippen LogP contribution is -2.38. The standard InChI is InChI=1S/C16H20N6O/c1-4-21(5-2)15(23)13-11(3)17-16-18-19-20-22(16)14(13)12-9-7-6-8-10-12/h6-10,14H,4-5H2,1-3H3,(H,17,18,20). The van der Waals surface area contributed by atoms with Crippen LogP contribution in [0.25, 0.3) is 0 Å². The highest BCUT2D eigenvalue weighted by molar-refractivity contribution is 5.96. The maximum atomic E-state index is 13.0. The number of fused-ring (bicyclic) bond motifs is 1. The van der Waals surface area contributed by atoms with Gasteiger partial charge >= 0.3 is 0 Å². The van der Waals surface area contributed by atoms with E-state index < -0.39 is 0 Å². The summed E-state index contributed by atoms with van der Waals surface area (Å²) in [5, 5.41) is 14.9. The molecule has 0 aliphatic carbocycles. The van der Waals surface area contributed by atoms with E-state index in [1.54, 1.807) is 4.68 Å². The molecule has 1 aliphatic rings. The Hall–Kier alpha value is -2.70. The first-order chi connectivity index (χ1) is 11.2. The summed E-state index contributed by atoms with van der Waals surface area (Å²) in [5.41, 5.74) is 2.45. The van der Waals surface area contributed by atoms with Crippen molar-refractivity contribution in [2.45, 2.75) is 26.8 Å². The zero-order valence-corrected chi connectivity index (χ0v) is 13.5. The number of nitrogens with zero attached hydrogens (tertiary/aromatic N) is 5. The number of likely N-dealkylation sites (N-methyl/N-ethyl adjacent to an activating group) is 1. The van der Waals surface area contributed by atoms with E-state index in [1.807, 2.05) is 56.0 Å². The van der Waals surface area contributed by atoms with Crippen molar-refractivity contribution in [1.29, 1.82) is 0 Å². The SMILES string of the molecule is CCN(CC)C(=O)C1=C(C)Nc2nnnn2C1c1ccccc1. The van der Waals surface area contributed by atoms with Gasteiger partial charge in [-0.25, -0.2) is 0 Å². The largest absolute Gasteiger partial charge is 0.339 e. The molecule has 0 saturated heterocycles. The predicted octanol–water partition coefficient (Wildman–Crippen LogP) is 1.83.